The molecule has 15 heteroatoms. The largest absolute Gasteiger partial charge is 0.573 e. The van der Waals surface area contributed by atoms with Crippen LogP contribution in [0.3, 0.4) is 0 Å². The molecule has 1 atom stereocenters. The molecule has 2 amide bonds. The van der Waals surface area contributed by atoms with Crippen molar-refractivity contribution in [2.75, 3.05) is 24.4 Å². The standard InChI is InChI=1S/C29H30F3N7O4S/c1-42-15-13-23(20-7-5-14-33-18-20)27(41)35-28-39-38-26(44-28)10-3-2-8-21-11-12-24(37-36-21)34-25(40)17-19-6-4-9-22(16-19)43-29(30,31)32/h4-7,9,11-12,14,16,18,23H,2-3,8,10,13,15,17H2,1H3,(H,34,37,40)(H,35,39,41). The van der Waals surface area contributed by atoms with E-state index in [1.807, 2.05) is 6.07 Å². The number of methoxy groups -OCH3 is 1. The molecule has 2 N–H and O–H groups in total. The molecular formula is C29H30F3N7O4S. The summed E-state index contributed by atoms with van der Waals surface area (Å²) < 4.78 is 46.3. The van der Waals surface area contributed by atoms with Gasteiger partial charge in [0.1, 0.15) is 10.8 Å². The topological polar surface area (TPSA) is 141 Å². The van der Waals surface area contributed by atoms with Crippen LogP contribution in [0, 0.1) is 0 Å². The van der Waals surface area contributed by atoms with Gasteiger partial charge < -0.3 is 14.8 Å². The highest BCUT2D eigenvalue weighted by Gasteiger charge is 2.31. The van der Waals surface area contributed by atoms with Crippen LogP contribution < -0.4 is 15.4 Å². The Kier molecular flexibility index (Phi) is 11.7. The zero-order valence-corrected chi connectivity index (χ0v) is 24.5. The highest BCUT2D eigenvalue weighted by molar-refractivity contribution is 7.15. The van der Waals surface area contributed by atoms with Crippen molar-refractivity contribution >= 4 is 34.1 Å². The summed E-state index contributed by atoms with van der Waals surface area (Å²) in [6, 6.07) is 12.2. The molecule has 0 saturated heterocycles. The molecule has 44 heavy (non-hydrogen) atoms. The molecule has 0 saturated carbocycles. The molecule has 4 rings (SSSR count). The summed E-state index contributed by atoms with van der Waals surface area (Å²) in [5.74, 6) is -1.23. The molecule has 0 bridgehead atoms. The first-order chi connectivity index (χ1) is 21.2. The van der Waals surface area contributed by atoms with Crippen LogP contribution in [0.25, 0.3) is 0 Å². The Morgan fingerprint density at radius 1 is 0.977 bits per heavy atom. The Labute approximate surface area is 255 Å². The summed E-state index contributed by atoms with van der Waals surface area (Å²) in [6.07, 6.45) is 1.82. The van der Waals surface area contributed by atoms with Crippen LogP contribution in [-0.2, 0) is 33.6 Å². The summed E-state index contributed by atoms with van der Waals surface area (Å²) in [5.41, 5.74) is 1.90. The number of anilines is 2. The van der Waals surface area contributed by atoms with Crippen molar-refractivity contribution in [3.63, 3.8) is 0 Å². The molecule has 4 aromatic rings. The van der Waals surface area contributed by atoms with Crippen LogP contribution in [0.1, 0.15) is 47.0 Å². The SMILES string of the molecule is COCCC(C(=O)Nc1nnc(CCCCc2ccc(NC(=O)Cc3cccc(OC(F)(F)F)c3)nn2)s1)c1cccnc1. The van der Waals surface area contributed by atoms with Gasteiger partial charge in [-0.15, -0.1) is 28.5 Å². The molecule has 0 aliphatic rings. The first-order valence-electron chi connectivity index (χ1n) is 13.7. The Morgan fingerprint density at radius 2 is 1.82 bits per heavy atom. The number of alkyl halides is 3. The van der Waals surface area contributed by atoms with E-state index in [9.17, 15) is 22.8 Å². The number of nitrogens with one attached hydrogen (secondary N) is 2. The second-order valence-electron chi connectivity index (χ2n) is 9.65. The molecular weight excluding hydrogens is 599 g/mol. The lowest BCUT2D eigenvalue weighted by molar-refractivity contribution is -0.274. The van der Waals surface area contributed by atoms with Crippen molar-refractivity contribution in [1.29, 1.82) is 0 Å². The molecule has 0 aliphatic carbocycles. The number of benzene rings is 1. The first kappa shape index (κ1) is 32.4. The number of ether oxygens (including phenoxy) is 2. The maximum absolute atomic E-state index is 12.9. The van der Waals surface area contributed by atoms with Crippen LogP contribution >= 0.6 is 11.3 Å². The highest BCUT2D eigenvalue weighted by atomic mass is 32.1. The third-order valence-electron chi connectivity index (χ3n) is 6.27. The Bertz CT molecular complexity index is 1500. The molecule has 232 valence electrons. The fourth-order valence-electron chi connectivity index (χ4n) is 4.23. The van der Waals surface area contributed by atoms with Crippen molar-refractivity contribution in [3.05, 3.63) is 82.8 Å². The summed E-state index contributed by atoms with van der Waals surface area (Å²) in [5, 5.41) is 23.1. The highest BCUT2D eigenvalue weighted by Crippen LogP contribution is 2.25. The fraction of sp³-hybridized carbons (Fsp3) is 0.345. The smallest absolute Gasteiger partial charge is 0.406 e. The van der Waals surface area contributed by atoms with Gasteiger partial charge in [0, 0.05) is 32.5 Å². The van der Waals surface area contributed by atoms with Gasteiger partial charge in [-0.05, 0) is 67.1 Å². The van der Waals surface area contributed by atoms with Gasteiger partial charge in [-0.2, -0.15) is 5.10 Å². The number of hydrogen-bond donors (Lipinski definition) is 2. The lowest BCUT2D eigenvalue weighted by Crippen LogP contribution is -2.22. The van der Waals surface area contributed by atoms with Crippen LogP contribution in [0.15, 0.2) is 60.9 Å². The number of hydrogen-bond acceptors (Lipinski definition) is 10. The van der Waals surface area contributed by atoms with Crippen molar-refractivity contribution in [3.8, 4) is 5.75 Å². The molecule has 11 nitrogen and oxygen atoms in total. The maximum atomic E-state index is 12.9. The Balaban J connectivity index is 1.18. The second kappa shape index (κ2) is 15.8. The van der Waals surface area contributed by atoms with Crippen LogP contribution in [0.5, 0.6) is 5.75 Å². The van der Waals surface area contributed by atoms with Gasteiger partial charge in [0.25, 0.3) is 0 Å². The van der Waals surface area contributed by atoms with Gasteiger partial charge in [-0.25, -0.2) is 0 Å². The van der Waals surface area contributed by atoms with Crippen molar-refractivity contribution in [2.45, 2.75) is 50.8 Å². The number of aromatic nitrogens is 5. The number of rotatable bonds is 15. The summed E-state index contributed by atoms with van der Waals surface area (Å²) >= 11 is 1.33. The van der Waals surface area contributed by atoms with Crippen molar-refractivity contribution < 1.29 is 32.2 Å². The van der Waals surface area contributed by atoms with Crippen molar-refractivity contribution in [1.82, 2.24) is 25.4 Å². The molecule has 0 fully saturated rings. The van der Waals surface area contributed by atoms with E-state index in [1.165, 1.54) is 23.5 Å². The minimum absolute atomic E-state index is 0.158. The summed E-state index contributed by atoms with van der Waals surface area (Å²) in [7, 11) is 1.59. The molecule has 1 aromatic carbocycles. The molecule has 0 radical (unpaired) electrons. The minimum Gasteiger partial charge on any atom is -0.406 e. The van der Waals surface area contributed by atoms with Crippen LogP contribution in [0.2, 0.25) is 0 Å². The monoisotopic (exact) mass is 629 g/mol. The number of pyridine rings is 1. The molecule has 0 aliphatic heterocycles. The Morgan fingerprint density at radius 3 is 2.55 bits per heavy atom. The van der Waals surface area contributed by atoms with E-state index in [4.69, 9.17) is 4.74 Å². The van der Waals surface area contributed by atoms with Crippen molar-refractivity contribution in [2.24, 2.45) is 0 Å². The number of nitrogens with zero attached hydrogens (tertiary/aromatic N) is 5. The third kappa shape index (κ3) is 10.6. The molecule has 1 unspecified atom stereocenters. The van der Waals surface area contributed by atoms with Gasteiger partial charge in [-0.3, -0.25) is 19.9 Å². The summed E-state index contributed by atoms with van der Waals surface area (Å²) in [6.45, 7) is 0.429. The van der Waals surface area contributed by atoms with E-state index in [0.717, 1.165) is 41.2 Å². The average molecular weight is 630 g/mol. The van der Waals surface area contributed by atoms with Gasteiger partial charge >= 0.3 is 6.36 Å². The van der Waals surface area contributed by atoms with E-state index in [-0.39, 0.29) is 18.1 Å². The predicted octanol–water partition coefficient (Wildman–Crippen LogP) is 5.13. The van der Waals surface area contributed by atoms with E-state index >= 15 is 0 Å². The number of carbonyl (C=O) groups excluding carboxylic acids is 2. The van der Waals surface area contributed by atoms with Crippen LogP contribution in [-0.4, -0.2) is 57.3 Å². The second-order valence-corrected chi connectivity index (χ2v) is 10.7. The number of halogens is 3. The van der Waals surface area contributed by atoms with Gasteiger partial charge in [-0.1, -0.05) is 29.5 Å². The lowest BCUT2D eigenvalue weighted by atomic mass is 9.97. The zero-order valence-electron chi connectivity index (χ0n) is 23.7. The number of carbonyl (C=O) groups is 2. The zero-order chi connectivity index (χ0) is 31.4. The van der Waals surface area contributed by atoms with Gasteiger partial charge in [0.15, 0.2) is 5.82 Å². The maximum Gasteiger partial charge on any atom is 0.573 e. The number of unbranched alkanes of at least 4 members (excludes halogenated alkanes) is 1. The molecule has 3 aromatic heterocycles. The van der Waals surface area contributed by atoms with E-state index in [1.54, 1.807) is 37.7 Å². The fourth-order valence-corrected chi connectivity index (χ4v) is 5.02. The molecule has 3 heterocycles. The van der Waals surface area contributed by atoms with Crippen LogP contribution in [0.4, 0.5) is 24.1 Å². The Hall–Kier alpha value is -4.50. The minimum atomic E-state index is -4.81. The average Bonchev–Trinajstić information content (AvgIpc) is 3.43. The number of aryl methyl sites for hydroxylation is 2. The normalized spacial score (nSPS) is 12.0. The van der Waals surface area contributed by atoms with Gasteiger partial charge in [0.2, 0.25) is 16.9 Å². The first-order valence-corrected chi connectivity index (χ1v) is 14.5. The van der Waals surface area contributed by atoms with E-state index < -0.39 is 23.9 Å². The predicted molar refractivity (Wildman–Crippen MR) is 156 cm³/mol. The van der Waals surface area contributed by atoms with E-state index in [2.05, 4.69) is 40.7 Å². The van der Waals surface area contributed by atoms with Gasteiger partial charge in [0.05, 0.1) is 18.0 Å². The lowest BCUT2D eigenvalue weighted by Gasteiger charge is -2.15. The number of amides is 2. The quantitative estimate of drug-likeness (QED) is 0.171. The van der Waals surface area contributed by atoms with E-state index in [0.29, 0.717) is 36.6 Å². The molecule has 0 spiro atoms. The summed E-state index contributed by atoms with van der Waals surface area (Å²) in [4.78, 5) is 29.4. The third-order valence-corrected chi connectivity index (χ3v) is 7.17.